The second-order valence-electron chi connectivity index (χ2n) is 2.82. The van der Waals surface area contributed by atoms with Gasteiger partial charge in [0.05, 0.1) is 11.2 Å². The highest BCUT2D eigenvalue weighted by Crippen LogP contribution is 2.09. The fraction of sp³-hybridized carbons (Fsp3) is 0.111. The zero-order valence-electron chi connectivity index (χ0n) is 7.06. The van der Waals surface area contributed by atoms with Gasteiger partial charge in [0.25, 0.3) is 0 Å². The zero-order chi connectivity index (χ0) is 9.42. The van der Waals surface area contributed by atoms with Crippen molar-refractivity contribution >= 4 is 11.5 Å². The maximum atomic E-state index is 10.6. The highest BCUT2D eigenvalue weighted by atomic mass is 16.4. The van der Waals surface area contributed by atoms with Crippen LogP contribution in [0, 0.1) is 6.92 Å². The first-order valence-electron chi connectivity index (χ1n) is 3.86. The van der Waals surface area contributed by atoms with Crippen molar-refractivity contribution in [3.05, 3.63) is 35.9 Å². The van der Waals surface area contributed by atoms with Gasteiger partial charge in [-0.15, -0.1) is 0 Å². The Morgan fingerprint density at radius 3 is 3.08 bits per heavy atom. The normalized spacial score (nSPS) is 10.5. The molecule has 0 fully saturated rings. The van der Waals surface area contributed by atoms with E-state index in [-0.39, 0.29) is 5.69 Å². The van der Waals surface area contributed by atoms with Crippen LogP contribution in [-0.2, 0) is 0 Å². The third-order valence-corrected chi connectivity index (χ3v) is 1.92. The van der Waals surface area contributed by atoms with Crippen LogP contribution in [0.3, 0.4) is 0 Å². The molecule has 2 aromatic rings. The summed E-state index contributed by atoms with van der Waals surface area (Å²) < 4.78 is 1.76. The number of nitrogens with zero attached hydrogens (tertiary/aromatic N) is 2. The fourth-order valence-electron chi connectivity index (χ4n) is 1.31. The minimum Gasteiger partial charge on any atom is -0.476 e. The van der Waals surface area contributed by atoms with Gasteiger partial charge in [0.2, 0.25) is 0 Å². The minimum atomic E-state index is -1.00. The first kappa shape index (κ1) is 7.79. The van der Waals surface area contributed by atoms with Crippen LogP contribution in [0.2, 0.25) is 0 Å². The second-order valence-corrected chi connectivity index (χ2v) is 2.82. The van der Waals surface area contributed by atoms with Gasteiger partial charge in [-0.25, -0.2) is 9.78 Å². The molecule has 13 heavy (non-hydrogen) atoms. The Kier molecular flexibility index (Phi) is 1.55. The van der Waals surface area contributed by atoms with Gasteiger partial charge in [0, 0.05) is 12.4 Å². The smallest absolute Gasteiger partial charge is 0.356 e. The van der Waals surface area contributed by atoms with Crippen molar-refractivity contribution in [2.45, 2.75) is 6.92 Å². The molecule has 2 aromatic heterocycles. The lowest BCUT2D eigenvalue weighted by Gasteiger charge is -2.00. The molecule has 0 atom stereocenters. The van der Waals surface area contributed by atoms with Crippen molar-refractivity contribution in [1.29, 1.82) is 0 Å². The lowest BCUT2D eigenvalue weighted by atomic mass is 10.3. The molecule has 4 heteroatoms. The Hall–Kier alpha value is -1.84. The predicted octanol–water partition coefficient (Wildman–Crippen LogP) is 1.34. The summed E-state index contributed by atoms with van der Waals surface area (Å²) in [6, 6.07) is 3.75. The van der Waals surface area contributed by atoms with Crippen LogP contribution in [0.5, 0.6) is 0 Å². The summed E-state index contributed by atoms with van der Waals surface area (Å²) >= 11 is 0. The third-order valence-electron chi connectivity index (χ3n) is 1.92. The summed E-state index contributed by atoms with van der Waals surface area (Å²) in [5.41, 5.74) is 1.73. The first-order valence-corrected chi connectivity index (χ1v) is 3.86. The predicted molar refractivity (Wildman–Crippen MR) is 46.9 cm³/mol. The SMILES string of the molecule is Cc1nc(C(=O)O)cn2cccc12. The molecule has 0 aliphatic carbocycles. The molecule has 66 valence electrons. The average Bonchev–Trinajstić information content (AvgIpc) is 2.51. The summed E-state index contributed by atoms with van der Waals surface area (Å²) in [6.45, 7) is 1.79. The third kappa shape index (κ3) is 1.16. The van der Waals surface area contributed by atoms with Crippen molar-refractivity contribution in [1.82, 2.24) is 9.38 Å². The van der Waals surface area contributed by atoms with Crippen molar-refractivity contribution in [3.63, 3.8) is 0 Å². The minimum absolute atomic E-state index is 0.0706. The number of carboxylic acid groups (broad SMARTS) is 1. The number of carbonyl (C=O) groups is 1. The summed E-state index contributed by atoms with van der Waals surface area (Å²) in [5, 5.41) is 8.73. The van der Waals surface area contributed by atoms with Gasteiger partial charge in [-0.2, -0.15) is 0 Å². The van der Waals surface area contributed by atoms with Crippen LogP contribution >= 0.6 is 0 Å². The maximum Gasteiger partial charge on any atom is 0.356 e. The highest BCUT2D eigenvalue weighted by Gasteiger charge is 2.07. The number of hydrogen-bond donors (Lipinski definition) is 1. The molecular weight excluding hydrogens is 168 g/mol. The van der Waals surface area contributed by atoms with Gasteiger partial charge in [-0.3, -0.25) is 0 Å². The molecule has 0 amide bonds. The van der Waals surface area contributed by atoms with E-state index in [0.717, 1.165) is 11.2 Å². The molecule has 4 nitrogen and oxygen atoms in total. The van der Waals surface area contributed by atoms with Gasteiger partial charge >= 0.3 is 5.97 Å². The molecule has 0 saturated heterocycles. The number of aryl methyl sites for hydroxylation is 1. The number of aromatic carboxylic acids is 1. The van der Waals surface area contributed by atoms with Crippen molar-refractivity contribution in [3.8, 4) is 0 Å². The van der Waals surface area contributed by atoms with E-state index in [0.29, 0.717) is 0 Å². The zero-order valence-corrected chi connectivity index (χ0v) is 7.06. The van der Waals surface area contributed by atoms with E-state index in [4.69, 9.17) is 5.11 Å². The van der Waals surface area contributed by atoms with Crippen LogP contribution in [0.25, 0.3) is 5.52 Å². The van der Waals surface area contributed by atoms with Crippen LogP contribution < -0.4 is 0 Å². The summed E-state index contributed by atoms with van der Waals surface area (Å²) in [4.78, 5) is 14.6. The first-order chi connectivity index (χ1) is 6.18. The topological polar surface area (TPSA) is 54.6 Å². The van der Waals surface area contributed by atoms with E-state index in [9.17, 15) is 4.79 Å². The molecule has 0 aromatic carbocycles. The van der Waals surface area contributed by atoms with Crippen LogP contribution in [0.1, 0.15) is 16.2 Å². The van der Waals surface area contributed by atoms with Gasteiger partial charge in [-0.1, -0.05) is 0 Å². The van der Waals surface area contributed by atoms with Gasteiger partial charge in [0.1, 0.15) is 0 Å². The monoisotopic (exact) mass is 176 g/mol. The van der Waals surface area contributed by atoms with Crippen LogP contribution in [0.15, 0.2) is 24.5 Å². The number of hydrogen-bond acceptors (Lipinski definition) is 2. The van der Waals surface area contributed by atoms with Crippen molar-refractivity contribution in [2.75, 3.05) is 0 Å². The largest absolute Gasteiger partial charge is 0.476 e. The number of aromatic nitrogens is 2. The summed E-state index contributed by atoms with van der Waals surface area (Å²) in [7, 11) is 0. The Bertz CT molecular complexity index is 473. The molecule has 2 rings (SSSR count). The molecule has 0 saturated carbocycles. The standard InChI is InChI=1S/C9H8N2O2/c1-6-8-3-2-4-11(8)5-7(10-6)9(12)13/h2-5H,1H3,(H,12,13). The van der Waals surface area contributed by atoms with E-state index < -0.39 is 5.97 Å². The summed E-state index contributed by atoms with van der Waals surface area (Å²) in [6.07, 6.45) is 3.31. The number of rotatable bonds is 1. The Balaban J connectivity index is 2.77. The molecule has 0 aliphatic rings. The number of carboxylic acids is 1. The van der Waals surface area contributed by atoms with E-state index in [1.807, 2.05) is 12.1 Å². The van der Waals surface area contributed by atoms with E-state index in [2.05, 4.69) is 4.98 Å². The molecule has 2 heterocycles. The maximum absolute atomic E-state index is 10.6. The van der Waals surface area contributed by atoms with Crippen LogP contribution in [-0.4, -0.2) is 20.5 Å². The van der Waals surface area contributed by atoms with Crippen molar-refractivity contribution in [2.24, 2.45) is 0 Å². The van der Waals surface area contributed by atoms with Crippen molar-refractivity contribution < 1.29 is 9.90 Å². The molecule has 1 N–H and O–H groups in total. The highest BCUT2D eigenvalue weighted by molar-refractivity contribution is 5.85. The quantitative estimate of drug-likeness (QED) is 0.713. The molecule has 0 bridgehead atoms. The molecule has 0 spiro atoms. The van der Waals surface area contributed by atoms with Gasteiger partial charge < -0.3 is 9.51 Å². The molecule has 0 unspecified atom stereocenters. The Labute approximate surface area is 74.5 Å². The Morgan fingerprint density at radius 2 is 2.38 bits per heavy atom. The lowest BCUT2D eigenvalue weighted by molar-refractivity contribution is 0.0689. The van der Waals surface area contributed by atoms with E-state index in [1.54, 1.807) is 17.5 Å². The fourth-order valence-corrected chi connectivity index (χ4v) is 1.31. The average molecular weight is 176 g/mol. The van der Waals surface area contributed by atoms with Gasteiger partial charge in [0.15, 0.2) is 5.69 Å². The summed E-state index contributed by atoms with van der Waals surface area (Å²) in [5.74, 6) is -1.00. The number of fused-ring (bicyclic) bond motifs is 1. The molecular formula is C9H8N2O2. The van der Waals surface area contributed by atoms with Crippen LogP contribution in [0.4, 0.5) is 0 Å². The van der Waals surface area contributed by atoms with Gasteiger partial charge in [-0.05, 0) is 19.1 Å². The van der Waals surface area contributed by atoms with E-state index >= 15 is 0 Å². The van der Waals surface area contributed by atoms with E-state index in [1.165, 1.54) is 6.20 Å². The molecule has 0 radical (unpaired) electrons. The second kappa shape index (κ2) is 2.58. The Morgan fingerprint density at radius 1 is 1.62 bits per heavy atom. The molecule has 0 aliphatic heterocycles. The lowest BCUT2D eigenvalue weighted by Crippen LogP contribution is -2.04.